The van der Waals surface area contributed by atoms with Crippen LogP contribution in [0.4, 0.5) is 5.69 Å². The van der Waals surface area contributed by atoms with Gasteiger partial charge in [0.1, 0.15) is 5.75 Å². The van der Waals surface area contributed by atoms with Gasteiger partial charge in [-0.25, -0.2) is 0 Å². The summed E-state index contributed by atoms with van der Waals surface area (Å²) in [5.74, 6) is -0.542. The maximum atomic E-state index is 11.9. The van der Waals surface area contributed by atoms with Gasteiger partial charge in [-0.1, -0.05) is 11.6 Å². The zero-order valence-corrected chi connectivity index (χ0v) is 14.9. The van der Waals surface area contributed by atoms with E-state index in [0.717, 1.165) is 5.75 Å². The summed E-state index contributed by atoms with van der Waals surface area (Å²) in [7, 11) is 1.45. The molecule has 1 aromatic carbocycles. The standard InChI is InChI=1S/C15H21ClN2O4S/c1-15(21,6-7-23-3)9-17-13(19)14(20)18-11-8-10(16)4-5-12(11)22-2/h4-5,8,21H,6-7,9H2,1-3H3,(H,17,19)(H,18,20). The third kappa shape index (κ3) is 6.68. The SMILES string of the molecule is COc1ccc(Cl)cc1NC(=O)C(=O)NCC(C)(O)CCSC. The summed E-state index contributed by atoms with van der Waals surface area (Å²) >= 11 is 7.46. The molecule has 0 aliphatic heterocycles. The second-order valence-electron chi connectivity index (χ2n) is 5.22. The number of hydrogen-bond acceptors (Lipinski definition) is 5. The summed E-state index contributed by atoms with van der Waals surface area (Å²) in [4.78, 5) is 23.8. The Hall–Kier alpha value is -1.44. The van der Waals surface area contributed by atoms with Gasteiger partial charge in [-0.05, 0) is 43.6 Å². The van der Waals surface area contributed by atoms with E-state index in [9.17, 15) is 14.7 Å². The van der Waals surface area contributed by atoms with Gasteiger partial charge in [-0.2, -0.15) is 11.8 Å². The van der Waals surface area contributed by atoms with Crippen LogP contribution in [0.1, 0.15) is 13.3 Å². The van der Waals surface area contributed by atoms with Gasteiger partial charge in [0, 0.05) is 11.6 Å². The molecule has 0 heterocycles. The average molecular weight is 361 g/mol. The summed E-state index contributed by atoms with van der Waals surface area (Å²) in [6, 6.07) is 4.68. The lowest BCUT2D eigenvalue weighted by Crippen LogP contribution is -2.44. The zero-order chi connectivity index (χ0) is 17.5. The highest BCUT2D eigenvalue weighted by Gasteiger charge is 2.23. The maximum absolute atomic E-state index is 11.9. The summed E-state index contributed by atoms with van der Waals surface area (Å²) in [6.07, 6.45) is 2.44. The van der Waals surface area contributed by atoms with Crippen LogP contribution in [0.5, 0.6) is 5.75 Å². The van der Waals surface area contributed by atoms with Crippen LogP contribution in [0, 0.1) is 0 Å². The molecule has 6 nitrogen and oxygen atoms in total. The Morgan fingerprint density at radius 2 is 2.09 bits per heavy atom. The Morgan fingerprint density at radius 3 is 2.70 bits per heavy atom. The Bertz CT molecular complexity index is 566. The van der Waals surface area contributed by atoms with E-state index in [-0.39, 0.29) is 6.54 Å². The molecule has 23 heavy (non-hydrogen) atoms. The van der Waals surface area contributed by atoms with Crippen molar-refractivity contribution in [3.8, 4) is 5.75 Å². The van der Waals surface area contributed by atoms with Crippen molar-refractivity contribution in [3.05, 3.63) is 23.2 Å². The molecular formula is C15H21ClN2O4S. The van der Waals surface area contributed by atoms with Crippen molar-refractivity contribution in [3.63, 3.8) is 0 Å². The Kier molecular flexibility index (Phi) is 7.67. The van der Waals surface area contributed by atoms with Crippen molar-refractivity contribution >= 4 is 40.9 Å². The minimum Gasteiger partial charge on any atom is -0.495 e. The van der Waals surface area contributed by atoms with Gasteiger partial charge in [-0.3, -0.25) is 9.59 Å². The number of benzene rings is 1. The van der Waals surface area contributed by atoms with Crippen molar-refractivity contribution in [1.29, 1.82) is 0 Å². The number of carbonyl (C=O) groups excluding carboxylic acids is 2. The number of nitrogens with one attached hydrogen (secondary N) is 2. The third-order valence-electron chi connectivity index (χ3n) is 3.09. The topological polar surface area (TPSA) is 87.7 Å². The highest BCUT2D eigenvalue weighted by Crippen LogP contribution is 2.27. The molecule has 1 atom stereocenters. The molecule has 8 heteroatoms. The van der Waals surface area contributed by atoms with E-state index in [4.69, 9.17) is 16.3 Å². The number of amides is 2. The summed E-state index contributed by atoms with van der Waals surface area (Å²) in [5.41, 5.74) is -0.763. The molecule has 0 bridgehead atoms. The van der Waals surface area contributed by atoms with Crippen LogP contribution in [0.3, 0.4) is 0 Å². The molecule has 128 valence electrons. The van der Waals surface area contributed by atoms with Gasteiger partial charge in [-0.15, -0.1) is 0 Å². The number of anilines is 1. The van der Waals surface area contributed by atoms with E-state index < -0.39 is 17.4 Å². The number of carbonyl (C=O) groups is 2. The molecule has 0 spiro atoms. The first-order valence-electron chi connectivity index (χ1n) is 6.93. The van der Waals surface area contributed by atoms with Crippen LogP contribution in [-0.2, 0) is 9.59 Å². The molecule has 0 aromatic heterocycles. The molecule has 0 fully saturated rings. The molecule has 0 saturated heterocycles. The molecule has 3 N–H and O–H groups in total. The van der Waals surface area contributed by atoms with E-state index in [1.807, 2.05) is 6.26 Å². The second-order valence-corrected chi connectivity index (χ2v) is 6.64. The van der Waals surface area contributed by atoms with Crippen LogP contribution in [0.2, 0.25) is 5.02 Å². The van der Waals surface area contributed by atoms with Crippen LogP contribution in [0.25, 0.3) is 0 Å². The molecule has 0 radical (unpaired) electrons. The van der Waals surface area contributed by atoms with Crippen LogP contribution in [0.15, 0.2) is 18.2 Å². The Labute approximate surface area is 144 Å². The van der Waals surface area contributed by atoms with Crippen molar-refractivity contribution in [2.75, 3.05) is 31.0 Å². The van der Waals surface area contributed by atoms with Gasteiger partial charge in [0.25, 0.3) is 0 Å². The van der Waals surface area contributed by atoms with Gasteiger partial charge in [0.2, 0.25) is 0 Å². The first-order chi connectivity index (χ1) is 10.8. The van der Waals surface area contributed by atoms with E-state index >= 15 is 0 Å². The van der Waals surface area contributed by atoms with Crippen molar-refractivity contribution in [2.24, 2.45) is 0 Å². The lowest BCUT2D eigenvalue weighted by Gasteiger charge is -2.23. The zero-order valence-electron chi connectivity index (χ0n) is 13.3. The molecule has 0 aliphatic carbocycles. The van der Waals surface area contributed by atoms with Gasteiger partial charge >= 0.3 is 11.8 Å². The normalized spacial score (nSPS) is 13.1. The minimum absolute atomic E-state index is 0.00745. The fraction of sp³-hybridized carbons (Fsp3) is 0.467. The first-order valence-corrected chi connectivity index (χ1v) is 8.70. The molecule has 0 aliphatic rings. The van der Waals surface area contributed by atoms with Crippen LogP contribution in [-0.4, -0.2) is 48.2 Å². The lowest BCUT2D eigenvalue weighted by molar-refractivity contribution is -0.136. The van der Waals surface area contributed by atoms with Gasteiger partial charge < -0.3 is 20.5 Å². The number of thioether (sulfide) groups is 1. The quantitative estimate of drug-likeness (QED) is 0.646. The second kappa shape index (κ2) is 9.00. The Balaban J connectivity index is 2.61. The van der Waals surface area contributed by atoms with Crippen LogP contribution >= 0.6 is 23.4 Å². The van der Waals surface area contributed by atoms with Crippen LogP contribution < -0.4 is 15.4 Å². The van der Waals surface area contributed by atoms with Crippen molar-refractivity contribution in [1.82, 2.24) is 5.32 Å². The van der Waals surface area contributed by atoms with E-state index in [2.05, 4.69) is 10.6 Å². The number of ether oxygens (including phenoxy) is 1. The molecule has 1 unspecified atom stereocenters. The molecule has 2 amide bonds. The lowest BCUT2D eigenvalue weighted by atomic mass is 10.0. The fourth-order valence-corrected chi connectivity index (χ4v) is 2.53. The number of hydrogen-bond donors (Lipinski definition) is 3. The summed E-state index contributed by atoms with van der Waals surface area (Å²) < 4.78 is 5.09. The highest BCUT2D eigenvalue weighted by atomic mass is 35.5. The number of methoxy groups -OCH3 is 1. The third-order valence-corrected chi connectivity index (χ3v) is 3.94. The maximum Gasteiger partial charge on any atom is 0.313 e. The van der Waals surface area contributed by atoms with Crippen molar-refractivity contribution < 1.29 is 19.4 Å². The summed E-state index contributed by atoms with van der Waals surface area (Å²) in [6.45, 7) is 1.61. The number of halogens is 1. The van der Waals surface area contributed by atoms with Gasteiger partial charge in [0.15, 0.2) is 0 Å². The summed E-state index contributed by atoms with van der Waals surface area (Å²) in [5, 5.41) is 15.3. The highest BCUT2D eigenvalue weighted by molar-refractivity contribution is 7.98. The van der Waals surface area contributed by atoms with E-state index in [1.165, 1.54) is 13.2 Å². The molecular weight excluding hydrogens is 340 g/mol. The van der Waals surface area contributed by atoms with Gasteiger partial charge in [0.05, 0.1) is 18.4 Å². The average Bonchev–Trinajstić information content (AvgIpc) is 2.51. The largest absolute Gasteiger partial charge is 0.495 e. The number of rotatable bonds is 7. The molecule has 1 aromatic rings. The van der Waals surface area contributed by atoms with Crippen molar-refractivity contribution in [2.45, 2.75) is 18.9 Å². The Morgan fingerprint density at radius 1 is 1.39 bits per heavy atom. The monoisotopic (exact) mass is 360 g/mol. The molecule has 0 saturated carbocycles. The first kappa shape index (κ1) is 19.6. The van der Waals surface area contributed by atoms with E-state index in [1.54, 1.807) is 30.8 Å². The molecule has 1 rings (SSSR count). The number of aliphatic hydroxyl groups is 1. The van der Waals surface area contributed by atoms with E-state index in [0.29, 0.717) is 22.9 Å². The predicted octanol–water partition coefficient (Wildman–Crippen LogP) is 1.91. The minimum atomic E-state index is -1.06. The fourth-order valence-electron chi connectivity index (χ4n) is 1.72. The predicted molar refractivity (Wildman–Crippen MR) is 93.3 cm³/mol. The smallest absolute Gasteiger partial charge is 0.313 e.